The molecule has 4 rings (SSSR count). The Balaban J connectivity index is 1.53. The fraction of sp³-hybridized carbons (Fsp3) is 1.00. The van der Waals surface area contributed by atoms with Gasteiger partial charge in [0.15, 0.2) is 6.29 Å². The van der Waals surface area contributed by atoms with Crippen molar-refractivity contribution in [2.24, 2.45) is 29.0 Å². The Morgan fingerprint density at radius 3 is 2.02 bits per heavy atom. The van der Waals surface area contributed by atoms with E-state index in [2.05, 4.69) is 10.6 Å². The average molecular weight is 626 g/mol. The molecule has 0 amide bonds. The van der Waals surface area contributed by atoms with Crippen LogP contribution < -0.4 is 27.8 Å². The smallest absolute Gasteiger partial charge is 0.186 e. The molecule has 15 unspecified atom stereocenters. The lowest BCUT2D eigenvalue weighted by atomic mass is 9.72. The van der Waals surface area contributed by atoms with Crippen LogP contribution in [0, 0.1) is 11.8 Å². The molecule has 17 nitrogen and oxygen atoms in total. The molecule has 0 aromatic carbocycles. The molecular formula is C26H51N5O12. The number of aliphatic hydroxyl groups excluding tert-OH is 9. The van der Waals surface area contributed by atoms with E-state index in [4.69, 9.17) is 31.4 Å². The highest BCUT2D eigenvalue weighted by Gasteiger charge is 2.55. The van der Waals surface area contributed by atoms with Gasteiger partial charge >= 0.3 is 0 Å². The maximum Gasteiger partial charge on any atom is 0.186 e. The van der Waals surface area contributed by atoms with Crippen molar-refractivity contribution in [3.05, 3.63) is 0 Å². The Morgan fingerprint density at radius 1 is 0.744 bits per heavy atom. The monoisotopic (exact) mass is 625 g/mol. The van der Waals surface area contributed by atoms with Crippen LogP contribution >= 0.6 is 0 Å². The summed E-state index contributed by atoms with van der Waals surface area (Å²) in [5.41, 5.74) is 18.3. The highest BCUT2D eigenvalue weighted by Crippen LogP contribution is 2.37. The Morgan fingerprint density at radius 2 is 1.42 bits per heavy atom. The summed E-state index contributed by atoms with van der Waals surface area (Å²) in [6.45, 7) is -0.779. The number of hydrogen-bond acceptors (Lipinski definition) is 17. The lowest BCUT2D eigenvalue weighted by Crippen LogP contribution is -2.71. The van der Waals surface area contributed by atoms with E-state index in [1.54, 1.807) is 0 Å². The molecule has 2 saturated carbocycles. The molecule has 4 aliphatic rings. The molecule has 0 radical (unpaired) electrons. The van der Waals surface area contributed by atoms with E-state index >= 15 is 0 Å². The number of hydrogen-bond donors (Lipinski definition) is 14. The summed E-state index contributed by atoms with van der Waals surface area (Å²) in [7, 11) is 0. The maximum absolute atomic E-state index is 11.7. The summed E-state index contributed by atoms with van der Waals surface area (Å²) < 4.78 is 17.7. The highest BCUT2D eigenvalue weighted by molar-refractivity contribution is 5.07. The third-order valence-electron chi connectivity index (χ3n) is 9.45. The first-order valence-electron chi connectivity index (χ1n) is 15.0. The minimum atomic E-state index is -1.63. The van der Waals surface area contributed by atoms with Crippen molar-refractivity contribution >= 4 is 0 Å². The molecule has 2 aliphatic carbocycles. The van der Waals surface area contributed by atoms with Crippen molar-refractivity contribution in [2.75, 3.05) is 32.9 Å². The van der Waals surface area contributed by atoms with E-state index in [0.717, 1.165) is 12.8 Å². The molecular weight excluding hydrogens is 574 g/mol. The fourth-order valence-corrected chi connectivity index (χ4v) is 6.77. The van der Waals surface area contributed by atoms with Crippen molar-refractivity contribution in [1.29, 1.82) is 0 Å². The summed E-state index contributed by atoms with van der Waals surface area (Å²) in [6.07, 6.45) is -13.6. The van der Waals surface area contributed by atoms with Crippen LogP contribution in [-0.2, 0) is 14.2 Å². The lowest BCUT2D eigenvalue weighted by molar-refractivity contribution is -0.310. The van der Waals surface area contributed by atoms with Crippen LogP contribution in [0.3, 0.4) is 0 Å². The summed E-state index contributed by atoms with van der Waals surface area (Å²) in [4.78, 5) is 0. The Hall–Kier alpha value is -0.680. The lowest BCUT2D eigenvalue weighted by Gasteiger charge is -2.52. The van der Waals surface area contributed by atoms with Crippen molar-refractivity contribution in [1.82, 2.24) is 10.6 Å². The summed E-state index contributed by atoms with van der Waals surface area (Å²) in [6, 6.07) is -3.61. The molecule has 4 fully saturated rings. The predicted octanol–water partition coefficient (Wildman–Crippen LogP) is -7.67. The quantitative estimate of drug-likeness (QED) is 0.0957. The van der Waals surface area contributed by atoms with Gasteiger partial charge in [-0.3, -0.25) is 0 Å². The summed E-state index contributed by atoms with van der Waals surface area (Å²) in [5.74, 6) is -0.681. The van der Waals surface area contributed by atoms with Crippen LogP contribution in [0.1, 0.15) is 19.3 Å². The second-order valence-electron chi connectivity index (χ2n) is 12.6. The standard InChI is InChI=1S/C26H51N5O12/c27-10-1-9(2-10)4-30-5-14-19(36)22(39)23(40)25(41-14)16-12(28)3-13(31-11(6-32)7-33)24(20(16)37)43-26-21(38)17(29)18(35)15(8-34)42-26/h9-26,30-40H,1-8,27-29H2. The average Bonchev–Trinajstić information content (AvgIpc) is 2.97. The Labute approximate surface area is 249 Å². The molecule has 17 N–H and O–H groups in total. The van der Waals surface area contributed by atoms with E-state index in [0.29, 0.717) is 12.5 Å². The molecule has 2 heterocycles. The summed E-state index contributed by atoms with van der Waals surface area (Å²) in [5, 5.41) is 100. The zero-order valence-corrected chi connectivity index (χ0v) is 24.0. The van der Waals surface area contributed by atoms with Gasteiger partial charge in [0, 0.05) is 30.6 Å². The van der Waals surface area contributed by atoms with E-state index in [1.807, 2.05) is 0 Å². The normalized spacial score (nSPS) is 49.2. The maximum atomic E-state index is 11.7. The van der Waals surface area contributed by atoms with E-state index in [-0.39, 0.29) is 19.0 Å². The van der Waals surface area contributed by atoms with Crippen LogP contribution in [0.2, 0.25) is 0 Å². The minimum absolute atomic E-state index is 0.0555. The number of nitrogens with one attached hydrogen (secondary N) is 2. The van der Waals surface area contributed by atoms with E-state index < -0.39 is 117 Å². The molecule has 2 saturated heterocycles. The molecule has 0 aromatic rings. The van der Waals surface area contributed by atoms with E-state index in [9.17, 15) is 46.0 Å². The molecule has 2 aliphatic heterocycles. The largest absolute Gasteiger partial charge is 0.395 e. The molecule has 0 spiro atoms. The SMILES string of the molecule is NC1CC(CNCC2OC(C3C(N)CC(NC(CO)CO)C(OC4OC(CO)C(O)C(N)C4O)C3O)C(O)C(O)C2O)C1. The third-order valence-corrected chi connectivity index (χ3v) is 9.45. The fourth-order valence-electron chi connectivity index (χ4n) is 6.77. The first-order valence-corrected chi connectivity index (χ1v) is 15.0. The molecule has 43 heavy (non-hydrogen) atoms. The van der Waals surface area contributed by atoms with Gasteiger partial charge in [-0.25, -0.2) is 0 Å². The summed E-state index contributed by atoms with van der Waals surface area (Å²) >= 11 is 0. The van der Waals surface area contributed by atoms with Gasteiger partial charge in [0.1, 0.15) is 42.7 Å². The molecule has 0 bridgehead atoms. The Kier molecular flexibility index (Phi) is 12.5. The van der Waals surface area contributed by atoms with Crippen molar-refractivity contribution in [3.8, 4) is 0 Å². The third kappa shape index (κ3) is 7.66. The van der Waals surface area contributed by atoms with Gasteiger partial charge in [-0.2, -0.15) is 0 Å². The first kappa shape index (κ1) is 35.2. The van der Waals surface area contributed by atoms with Crippen LogP contribution in [0.25, 0.3) is 0 Å². The number of rotatable bonds is 12. The number of ether oxygens (including phenoxy) is 3. The molecule has 17 heteroatoms. The minimum Gasteiger partial charge on any atom is -0.395 e. The van der Waals surface area contributed by atoms with Crippen molar-refractivity contribution in [2.45, 2.75) is 117 Å². The van der Waals surface area contributed by atoms with Crippen LogP contribution in [-0.4, -0.2) is 176 Å². The molecule has 0 aromatic heterocycles. The Bertz CT molecular complexity index is 857. The number of aliphatic hydroxyl groups is 9. The van der Waals surface area contributed by atoms with Gasteiger partial charge in [-0.1, -0.05) is 0 Å². The second kappa shape index (κ2) is 15.3. The zero-order chi connectivity index (χ0) is 31.6. The molecule has 15 atom stereocenters. The van der Waals surface area contributed by atoms with Crippen LogP contribution in [0.4, 0.5) is 0 Å². The first-order chi connectivity index (χ1) is 20.4. The van der Waals surface area contributed by atoms with Gasteiger partial charge < -0.3 is 88.0 Å². The predicted molar refractivity (Wildman–Crippen MR) is 148 cm³/mol. The van der Waals surface area contributed by atoms with E-state index in [1.165, 1.54) is 0 Å². The topological polar surface area (TPSA) is 312 Å². The van der Waals surface area contributed by atoms with Gasteiger partial charge in [-0.15, -0.1) is 0 Å². The van der Waals surface area contributed by atoms with Crippen LogP contribution in [0.5, 0.6) is 0 Å². The van der Waals surface area contributed by atoms with Gasteiger partial charge in [-0.05, 0) is 31.7 Å². The van der Waals surface area contributed by atoms with Gasteiger partial charge in [0.05, 0.1) is 50.2 Å². The highest BCUT2D eigenvalue weighted by atomic mass is 16.7. The van der Waals surface area contributed by atoms with Crippen molar-refractivity contribution in [3.63, 3.8) is 0 Å². The van der Waals surface area contributed by atoms with Gasteiger partial charge in [0.25, 0.3) is 0 Å². The molecule has 252 valence electrons. The second-order valence-corrected chi connectivity index (χ2v) is 12.6. The van der Waals surface area contributed by atoms with Crippen molar-refractivity contribution < 1.29 is 60.2 Å². The zero-order valence-electron chi connectivity index (χ0n) is 24.0. The van der Waals surface area contributed by atoms with Gasteiger partial charge in [0.2, 0.25) is 0 Å². The van der Waals surface area contributed by atoms with Crippen LogP contribution in [0.15, 0.2) is 0 Å². The number of nitrogens with two attached hydrogens (primary N) is 3.